The average molecular weight is 1150 g/mol. The Labute approximate surface area is 499 Å². The number of rotatable bonds is 66. The number of quaternary nitrogens is 1. The van der Waals surface area contributed by atoms with Crippen molar-refractivity contribution in [3.8, 4) is 0 Å². The molecule has 0 aromatic heterocycles. The van der Waals surface area contributed by atoms with E-state index in [1.807, 2.05) is 27.2 Å². The Kier molecular flexibility index (Phi) is 61.3. The molecule has 0 aliphatic heterocycles. The van der Waals surface area contributed by atoms with E-state index in [0.29, 0.717) is 17.4 Å². The van der Waals surface area contributed by atoms with Gasteiger partial charge in [-0.2, -0.15) is 0 Å². The molecule has 3 unspecified atom stereocenters. The molecule has 0 aliphatic carbocycles. The first-order valence-corrected chi connectivity index (χ1v) is 36.9. The molecule has 1 amide bonds. The molecule has 0 fully saturated rings. The summed E-state index contributed by atoms with van der Waals surface area (Å²) in [7, 11) is 1.56. The summed E-state index contributed by atoms with van der Waals surface area (Å²) >= 11 is 0. The van der Waals surface area contributed by atoms with E-state index in [1.54, 1.807) is 6.08 Å². The van der Waals surface area contributed by atoms with E-state index in [4.69, 9.17) is 9.05 Å². The lowest BCUT2D eigenvalue weighted by atomic mass is 10.0. The molecule has 8 nitrogen and oxygen atoms in total. The Morgan fingerprint density at radius 2 is 0.688 bits per heavy atom. The van der Waals surface area contributed by atoms with Crippen LogP contribution in [0.2, 0.25) is 0 Å². The van der Waals surface area contributed by atoms with Crippen LogP contribution in [0.3, 0.4) is 0 Å². The molecular weight excluding hydrogens is 1010 g/mol. The molecule has 0 radical (unpaired) electrons. The van der Waals surface area contributed by atoms with Crippen LogP contribution in [-0.4, -0.2) is 73.4 Å². The SMILES string of the molecule is CCCCCCCCC/C=C/CC/C=C/CC/C=C/C(O)C(COP(=O)(O)OCC[N+](C)(C)C)NC(=O)CCCCCCCCCCCCCCCCCCCCCCCCCCCCCCCCCCCCCCCCCCC. The minimum Gasteiger partial charge on any atom is -0.387 e. The predicted octanol–water partition coefficient (Wildman–Crippen LogP) is 22.4. The summed E-state index contributed by atoms with van der Waals surface area (Å²) < 4.78 is 23.7. The van der Waals surface area contributed by atoms with Crippen molar-refractivity contribution in [2.45, 2.75) is 373 Å². The minimum absolute atomic E-state index is 0.0552. The van der Waals surface area contributed by atoms with Crippen molar-refractivity contribution >= 4 is 13.7 Å². The fourth-order valence-corrected chi connectivity index (χ4v) is 11.6. The van der Waals surface area contributed by atoms with Gasteiger partial charge in [-0.15, -0.1) is 0 Å². The van der Waals surface area contributed by atoms with Crippen LogP contribution in [-0.2, 0) is 18.4 Å². The summed E-state index contributed by atoms with van der Waals surface area (Å²) in [6.07, 6.45) is 83.3. The van der Waals surface area contributed by atoms with Crippen LogP contribution in [0.25, 0.3) is 0 Å². The topological polar surface area (TPSA) is 105 Å². The second-order valence-electron chi connectivity index (χ2n) is 25.6. The summed E-state index contributed by atoms with van der Waals surface area (Å²) in [6, 6.07) is -0.868. The summed E-state index contributed by atoms with van der Waals surface area (Å²) in [6.45, 7) is 4.82. The summed E-state index contributed by atoms with van der Waals surface area (Å²) in [5.74, 6) is -0.184. The van der Waals surface area contributed by atoms with Crippen molar-refractivity contribution in [2.75, 3.05) is 40.9 Å². The van der Waals surface area contributed by atoms with Gasteiger partial charge in [0.2, 0.25) is 5.91 Å². The number of carbonyl (C=O) groups is 1. The van der Waals surface area contributed by atoms with Gasteiger partial charge in [0.25, 0.3) is 0 Å². The molecule has 0 saturated carbocycles. The van der Waals surface area contributed by atoms with Gasteiger partial charge in [0, 0.05) is 6.42 Å². The van der Waals surface area contributed by atoms with Gasteiger partial charge in [-0.3, -0.25) is 13.8 Å². The van der Waals surface area contributed by atoms with Gasteiger partial charge in [0.1, 0.15) is 13.2 Å². The van der Waals surface area contributed by atoms with Crippen LogP contribution >= 0.6 is 7.82 Å². The number of phosphoric ester groups is 1. The van der Waals surface area contributed by atoms with Crippen molar-refractivity contribution in [1.82, 2.24) is 5.32 Å². The standard InChI is InChI=1S/C71H139N2O6P/c1-6-8-10-12-14-16-18-20-22-24-25-26-27-28-29-30-31-32-33-34-35-36-37-38-39-40-41-42-43-44-45-46-47-49-51-53-55-57-59-61-63-65-71(75)72-69(68-79-80(76,77)78-67-66-73(3,4)5)70(74)64-62-60-58-56-54-52-50-48-23-21-19-17-15-13-11-9-7-2/h23,48,54,56,62,64,69-70,74H,6-22,24-47,49-53,55,57-61,63,65-68H2,1-5H3,(H-,72,75,76,77)/p+1/b48-23+,56-54+,64-62+. The molecule has 3 atom stereocenters. The first-order valence-electron chi connectivity index (χ1n) is 35.4. The number of aliphatic hydroxyl groups is 1. The number of amides is 1. The Hall–Kier alpha value is -1.28. The third-order valence-electron chi connectivity index (χ3n) is 16.3. The molecule has 0 rings (SSSR count). The van der Waals surface area contributed by atoms with Crippen molar-refractivity contribution in [2.24, 2.45) is 0 Å². The van der Waals surface area contributed by atoms with E-state index in [1.165, 1.54) is 295 Å². The number of allylic oxidation sites excluding steroid dienone is 5. The number of hydrogen-bond acceptors (Lipinski definition) is 5. The number of carbonyl (C=O) groups excluding carboxylic acids is 1. The second-order valence-corrected chi connectivity index (χ2v) is 27.1. The van der Waals surface area contributed by atoms with Gasteiger partial charge in [-0.1, -0.05) is 346 Å². The predicted molar refractivity (Wildman–Crippen MR) is 351 cm³/mol. The molecule has 0 bridgehead atoms. The number of likely N-dealkylation sites (N-methyl/N-ethyl adjacent to an activating group) is 1. The zero-order valence-corrected chi connectivity index (χ0v) is 55.2. The lowest BCUT2D eigenvalue weighted by Gasteiger charge is -2.25. The van der Waals surface area contributed by atoms with E-state index >= 15 is 0 Å². The van der Waals surface area contributed by atoms with E-state index in [0.717, 1.165) is 44.9 Å². The second kappa shape index (κ2) is 62.3. The van der Waals surface area contributed by atoms with Crippen LogP contribution < -0.4 is 5.32 Å². The first-order chi connectivity index (χ1) is 39.0. The van der Waals surface area contributed by atoms with Gasteiger partial charge in [-0.25, -0.2) is 4.57 Å². The molecular formula is C71H140N2O6P+. The monoisotopic (exact) mass is 1150 g/mol. The Bertz CT molecular complexity index is 1400. The maximum atomic E-state index is 13.0. The number of nitrogens with zero attached hydrogens (tertiary/aromatic N) is 1. The Morgan fingerprint density at radius 1 is 0.412 bits per heavy atom. The smallest absolute Gasteiger partial charge is 0.387 e. The van der Waals surface area contributed by atoms with Gasteiger partial charge in [0.05, 0.1) is 39.9 Å². The Morgan fingerprint density at radius 3 is 1.00 bits per heavy atom. The molecule has 3 N–H and O–H groups in total. The molecule has 474 valence electrons. The molecule has 80 heavy (non-hydrogen) atoms. The van der Waals surface area contributed by atoms with Crippen LogP contribution in [0.5, 0.6) is 0 Å². The molecule has 0 aromatic carbocycles. The van der Waals surface area contributed by atoms with Gasteiger partial charge >= 0.3 is 7.82 Å². The lowest BCUT2D eigenvalue weighted by Crippen LogP contribution is -2.45. The van der Waals surface area contributed by atoms with Gasteiger partial charge in [0.15, 0.2) is 0 Å². The molecule has 9 heteroatoms. The average Bonchev–Trinajstić information content (AvgIpc) is 3.43. The summed E-state index contributed by atoms with van der Waals surface area (Å²) in [4.78, 5) is 23.3. The van der Waals surface area contributed by atoms with Crippen LogP contribution in [0.15, 0.2) is 36.5 Å². The van der Waals surface area contributed by atoms with E-state index in [-0.39, 0.29) is 19.1 Å². The lowest BCUT2D eigenvalue weighted by molar-refractivity contribution is -0.870. The highest BCUT2D eigenvalue weighted by Crippen LogP contribution is 2.43. The molecule has 0 spiro atoms. The fourth-order valence-electron chi connectivity index (χ4n) is 10.8. The molecule has 0 aliphatic rings. The van der Waals surface area contributed by atoms with Crippen LogP contribution in [0, 0.1) is 0 Å². The van der Waals surface area contributed by atoms with Gasteiger partial charge < -0.3 is 19.8 Å². The maximum absolute atomic E-state index is 13.0. The van der Waals surface area contributed by atoms with Crippen molar-refractivity contribution < 1.29 is 32.9 Å². The molecule has 0 aromatic rings. The number of aliphatic hydroxyl groups excluding tert-OH is 1. The third-order valence-corrected chi connectivity index (χ3v) is 17.3. The largest absolute Gasteiger partial charge is 0.472 e. The van der Waals surface area contributed by atoms with E-state index < -0.39 is 20.0 Å². The zero-order valence-electron chi connectivity index (χ0n) is 54.3. The number of nitrogens with one attached hydrogen (secondary N) is 1. The maximum Gasteiger partial charge on any atom is 0.472 e. The van der Waals surface area contributed by atoms with Gasteiger partial charge in [-0.05, 0) is 44.9 Å². The molecule has 0 heterocycles. The van der Waals surface area contributed by atoms with E-state index in [9.17, 15) is 19.4 Å². The third kappa shape index (κ3) is 64.3. The highest BCUT2D eigenvalue weighted by atomic mass is 31.2. The van der Waals surface area contributed by atoms with Crippen molar-refractivity contribution in [3.63, 3.8) is 0 Å². The normalized spacial score (nSPS) is 13.8. The van der Waals surface area contributed by atoms with Crippen molar-refractivity contribution in [1.29, 1.82) is 0 Å². The Balaban J connectivity index is 3.87. The van der Waals surface area contributed by atoms with E-state index in [2.05, 4.69) is 43.5 Å². The number of phosphoric acid groups is 1. The molecule has 0 saturated heterocycles. The number of hydrogen-bond donors (Lipinski definition) is 3. The van der Waals surface area contributed by atoms with Crippen molar-refractivity contribution in [3.05, 3.63) is 36.5 Å². The zero-order chi connectivity index (χ0) is 58.4. The highest BCUT2D eigenvalue weighted by Gasteiger charge is 2.28. The first kappa shape index (κ1) is 78.7. The highest BCUT2D eigenvalue weighted by molar-refractivity contribution is 7.47. The summed E-state index contributed by atoms with van der Waals surface area (Å²) in [5, 5.41) is 13.9. The van der Waals surface area contributed by atoms with Crippen LogP contribution in [0.4, 0.5) is 0 Å². The summed E-state index contributed by atoms with van der Waals surface area (Å²) in [5.41, 5.74) is 0. The minimum atomic E-state index is -4.36. The van der Waals surface area contributed by atoms with Crippen LogP contribution in [0.1, 0.15) is 361 Å². The number of unbranched alkanes of at least 4 members (excludes halogenated alkanes) is 49. The fraction of sp³-hybridized carbons (Fsp3) is 0.901. The quantitative estimate of drug-likeness (QED) is 0.0243.